The maximum Gasteiger partial charge on any atom is 0.261 e. The molecule has 0 atom stereocenters. The van der Waals surface area contributed by atoms with Crippen molar-refractivity contribution in [3.05, 3.63) is 52.2 Å². The quantitative estimate of drug-likeness (QED) is 0.772. The Kier molecular flexibility index (Phi) is 6.81. The Labute approximate surface area is 146 Å². The SMILES string of the molecule is CCN(CCNC(=O)CNC(=O)c1cccs1)c1cccc(C)c1. The van der Waals surface area contributed by atoms with E-state index in [9.17, 15) is 9.59 Å². The molecule has 0 radical (unpaired) electrons. The Hall–Kier alpha value is -2.34. The van der Waals surface area contributed by atoms with E-state index in [2.05, 4.69) is 47.6 Å². The molecule has 0 bridgehead atoms. The molecular formula is C18H23N3O2S. The van der Waals surface area contributed by atoms with E-state index in [-0.39, 0.29) is 18.4 Å². The number of carbonyl (C=O) groups is 2. The molecule has 0 aliphatic rings. The van der Waals surface area contributed by atoms with Crippen molar-refractivity contribution in [1.82, 2.24) is 10.6 Å². The second-order valence-electron chi connectivity index (χ2n) is 5.43. The van der Waals surface area contributed by atoms with Crippen LogP contribution in [0, 0.1) is 6.92 Å². The first-order valence-electron chi connectivity index (χ1n) is 8.00. The van der Waals surface area contributed by atoms with E-state index < -0.39 is 0 Å². The fourth-order valence-electron chi connectivity index (χ4n) is 2.34. The fourth-order valence-corrected chi connectivity index (χ4v) is 2.98. The lowest BCUT2D eigenvalue weighted by atomic mass is 10.2. The Morgan fingerprint density at radius 2 is 2.00 bits per heavy atom. The van der Waals surface area contributed by atoms with Gasteiger partial charge in [-0.25, -0.2) is 0 Å². The number of benzene rings is 1. The molecule has 0 saturated carbocycles. The second-order valence-corrected chi connectivity index (χ2v) is 6.38. The van der Waals surface area contributed by atoms with Crippen molar-refractivity contribution in [3.8, 4) is 0 Å². The minimum Gasteiger partial charge on any atom is -0.370 e. The Balaban J connectivity index is 1.72. The highest BCUT2D eigenvalue weighted by Crippen LogP contribution is 2.14. The van der Waals surface area contributed by atoms with Gasteiger partial charge in [-0.3, -0.25) is 9.59 Å². The summed E-state index contributed by atoms with van der Waals surface area (Å²) in [6, 6.07) is 11.8. The van der Waals surface area contributed by atoms with Crippen LogP contribution in [-0.2, 0) is 4.79 Å². The third-order valence-electron chi connectivity index (χ3n) is 3.61. The number of rotatable bonds is 8. The van der Waals surface area contributed by atoms with Gasteiger partial charge in [0.05, 0.1) is 11.4 Å². The number of likely N-dealkylation sites (N-methyl/N-ethyl adjacent to an activating group) is 1. The molecule has 6 heteroatoms. The minimum absolute atomic E-state index is 0.00664. The number of carbonyl (C=O) groups excluding carboxylic acids is 2. The van der Waals surface area contributed by atoms with E-state index in [4.69, 9.17) is 0 Å². The summed E-state index contributed by atoms with van der Waals surface area (Å²) in [7, 11) is 0. The Bertz CT molecular complexity index is 671. The summed E-state index contributed by atoms with van der Waals surface area (Å²) in [5, 5.41) is 7.30. The van der Waals surface area contributed by atoms with Gasteiger partial charge in [-0.2, -0.15) is 0 Å². The van der Waals surface area contributed by atoms with Crippen molar-refractivity contribution < 1.29 is 9.59 Å². The number of nitrogens with one attached hydrogen (secondary N) is 2. The molecule has 1 aromatic heterocycles. The van der Waals surface area contributed by atoms with E-state index in [0.29, 0.717) is 11.4 Å². The largest absolute Gasteiger partial charge is 0.370 e. The van der Waals surface area contributed by atoms with Crippen LogP contribution in [0.4, 0.5) is 5.69 Å². The van der Waals surface area contributed by atoms with Crippen molar-refractivity contribution in [1.29, 1.82) is 0 Å². The third-order valence-corrected chi connectivity index (χ3v) is 4.48. The summed E-state index contributed by atoms with van der Waals surface area (Å²) in [5.41, 5.74) is 2.36. The van der Waals surface area contributed by atoms with Gasteiger partial charge in [-0.15, -0.1) is 11.3 Å². The van der Waals surface area contributed by atoms with Crippen LogP contribution in [0.15, 0.2) is 41.8 Å². The highest BCUT2D eigenvalue weighted by Gasteiger charge is 2.09. The number of amides is 2. The number of anilines is 1. The highest BCUT2D eigenvalue weighted by molar-refractivity contribution is 7.12. The average molecular weight is 345 g/mol. The molecular weight excluding hydrogens is 322 g/mol. The molecule has 0 saturated heterocycles. The van der Waals surface area contributed by atoms with Crippen LogP contribution in [0.25, 0.3) is 0 Å². The lowest BCUT2D eigenvalue weighted by Crippen LogP contribution is -2.40. The van der Waals surface area contributed by atoms with Crippen molar-refractivity contribution in [2.24, 2.45) is 0 Å². The summed E-state index contributed by atoms with van der Waals surface area (Å²) < 4.78 is 0. The van der Waals surface area contributed by atoms with Gasteiger partial charge in [0, 0.05) is 25.3 Å². The fraction of sp³-hybridized carbons (Fsp3) is 0.333. The zero-order valence-electron chi connectivity index (χ0n) is 14.0. The molecule has 5 nitrogen and oxygen atoms in total. The minimum atomic E-state index is -0.213. The van der Waals surface area contributed by atoms with Gasteiger partial charge < -0.3 is 15.5 Å². The van der Waals surface area contributed by atoms with Crippen LogP contribution >= 0.6 is 11.3 Å². The molecule has 0 unspecified atom stereocenters. The number of hydrogen-bond donors (Lipinski definition) is 2. The summed E-state index contributed by atoms with van der Waals surface area (Å²) in [4.78, 5) is 26.4. The first-order chi connectivity index (χ1) is 11.6. The lowest BCUT2D eigenvalue weighted by Gasteiger charge is -2.23. The first kappa shape index (κ1) is 18.0. The zero-order valence-corrected chi connectivity index (χ0v) is 14.9. The molecule has 1 aromatic carbocycles. The number of hydrogen-bond acceptors (Lipinski definition) is 4. The van der Waals surface area contributed by atoms with Crippen molar-refractivity contribution in [2.45, 2.75) is 13.8 Å². The topological polar surface area (TPSA) is 61.4 Å². The molecule has 1 heterocycles. The first-order valence-corrected chi connectivity index (χ1v) is 8.88. The van der Waals surface area contributed by atoms with Crippen LogP contribution in [0.5, 0.6) is 0 Å². The predicted octanol–water partition coefficient (Wildman–Crippen LogP) is 2.43. The smallest absolute Gasteiger partial charge is 0.261 e. The van der Waals surface area contributed by atoms with Crippen LogP contribution in [0.1, 0.15) is 22.2 Å². The molecule has 2 amide bonds. The standard InChI is InChI=1S/C18H23N3O2S/c1-3-21(15-7-4-6-14(2)12-15)10-9-19-17(22)13-20-18(23)16-8-5-11-24-16/h4-8,11-12H,3,9-10,13H2,1-2H3,(H,19,22)(H,20,23). The van der Waals surface area contributed by atoms with Crippen LogP contribution in [-0.4, -0.2) is 38.0 Å². The van der Waals surface area contributed by atoms with Gasteiger partial charge in [-0.05, 0) is 43.0 Å². The molecule has 0 spiro atoms. The third kappa shape index (κ3) is 5.38. The summed E-state index contributed by atoms with van der Waals surface area (Å²) in [5.74, 6) is -0.393. The number of thiophene rings is 1. The van der Waals surface area contributed by atoms with Gasteiger partial charge >= 0.3 is 0 Å². The van der Waals surface area contributed by atoms with Crippen molar-refractivity contribution in [3.63, 3.8) is 0 Å². The van der Waals surface area contributed by atoms with Gasteiger partial charge in [0.1, 0.15) is 0 Å². The average Bonchev–Trinajstić information content (AvgIpc) is 3.11. The van der Waals surface area contributed by atoms with E-state index in [0.717, 1.165) is 18.8 Å². The molecule has 0 aliphatic carbocycles. The van der Waals surface area contributed by atoms with Gasteiger partial charge in [0.15, 0.2) is 0 Å². The van der Waals surface area contributed by atoms with E-state index in [1.807, 2.05) is 17.5 Å². The molecule has 2 rings (SSSR count). The lowest BCUT2D eigenvalue weighted by molar-refractivity contribution is -0.120. The van der Waals surface area contributed by atoms with E-state index in [1.165, 1.54) is 16.9 Å². The molecule has 2 N–H and O–H groups in total. The maximum absolute atomic E-state index is 11.8. The Morgan fingerprint density at radius 3 is 2.67 bits per heavy atom. The zero-order chi connectivity index (χ0) is 17.4. The number of aryl methyl sites for hydroxylation is 1. The van der Waals surface area contributed by atoms with E-state index in [1.54, 1.807) is 6.07 Å². The van der Waals surface area contributed by atoms with Crippen molar-refractivity contribution >= 4 is 28.8 Å². The predicted molar refractivity (Wildman–Crippen MR) is 98.7 cm³/mol. The molecule has 0 fully saturated rings. The molecule has 0 aliphatic heterocycles. The maximum atomic E-state index is 11.8. The molecule has 2 aromatic rings. The second kappa shape index (κ2) is 9.08. The van der Waals surface area contributed by atoms with Crippen LogP contribution in [0.2, 0.25) is 0 Å². The van der Waals surface area contributed by atoms with E-state index >= 15 is 0 Å². The van der Waals surface area contributed by atoms with Crippen molar-refractivity contribution in [2.75, 3.05) is 31.1 Å². The van der Waals surface area contributed by atoms with Crippen LogP contribution in [0.3, 0.4) is 0 Å². The molecule has 128 valence electrons. The summed E-state index contributed by atoms with van der Waals surface area (Å²) in [6.45, 7) is 6.28. The summed E-state index contributed by atoms with van der Waals surface area (Å²) in [6.07, 6.45) is 0. The van der Waals surface area contributed by atoms with Gasteiger partial charge in [0.25, 0.3) is 5.91 Å². The van der Waals surface area contributed by atoms with Gasteiger partial charge in [-0.1, -0.05) is 18.2 Å². The number of nitrogens with zero attached hydrogens (tertiary/aromatic N) is 1. The van der Waals surface area contributed by atoms with Gasteiger partial charge in [0.2, 0.25) is 5.91 Å². The van der Waals surface area contributed by atoms with Crippen LogP contribution < -0.4 is 15.5 Å². The normalized spacial score (nSPS) is 10.2. The molecule has 24 heavy (non-hydrogen) atoms. The Morgan fingerprint density at radius 1 is 1.17 bits per heavy atom. The monoisotopic (exact) mass is 345 g/mol. The summed E-state index contributed by atoms with van der Waals surface area (Å²) >= 11 is 1.36. The highest BCUT2D eigenvalue weighted by atomic mass is 32.1.